The van der Waals surface area contributed by atoms with Gasteiger partial charge in [0.1, 0.15) is 6.04 Å². The van der Waals surface area contributed by atoms with Crippen LogP contribution in [0, 0.1) is 5.92 Å². The minimum atomic E-state index is -1.28. The molecule has 1 atom stereocenters. The van der Waals surface area contributed by atoms with Crippen LogP contribution in [-0.2, 0) is 9.59 Å². The Morgan fingerprint density at radius 2 is 1.84 bits per heavy atom. The Hall–Kier alpha value is -1.79. The van der Waals surface area contributed by atoms with E-state index in [1.165, 1.54) is 0 Å². The number of primary amides is 1. The summed E-state index contributed by atoms with van der Waals surface area (Å²) in [5.74, 6) is -1.43. The number of nitrogens with two attached hydrogens (primary N) is 1. The number of hydrogen-bond donors (Lipinski definition) is 4. The first-order valence-electron chi connectivity index (χ1n) is 6.38. The third kappa shape index (κ3) is 9.87. The number of carbonyl (C=O) groups excluding carboxylic acids is 2. The van der Waals surface area contributed by atoms with Gasteiger partial charge in [0.2, 0.25) is 5.91 Å². The average molecular weight is 273 g/mol. The summed E-state index contributed by atoms with van der Waals surface area (Å²) >= 11 is 0. The van der Waals surface area contributed by atoms with Gasteiger partial charge in [-0.15, -0.1) is 0 Å². The summed E-state index contributed by atoms with van der Waals surface area (Å²) in [7, 11) is 0. The lowest BCUT2D eigenvalue weighted by Gasteiger charge is -2.13. The number of hydrogen-bond acceptors (Lipinski definition) is 3. The molecule has 0 radical (unpaired) electrons. The van der Waals surface area contributed by atoms with Gasteiger partial charge in [0, 0.05) is 6.54 Å². The lowest BCUT2D eigenvalue weighted by Crippen LogP contribution is -2.47. The fourth-order valence-corrected chi connectivity index (χ4v) is 1.49. The van der Waals surface area contributed by atoms with Crippen molar-refractivity contribution < 1.29 is 19.5 Å². The molecule has 0 rings (SSSR count). The first-order chi connectivity index (χ1) is 8.82. The molecule has 19 heavy (non-hydrogen) atoms. The van der Waals surface area contributed by atoms with Crippen LogP contribution < -0.4 is 16.4 Å². The van der Waals surface area contributed by atoms with E-state index in [2.05, 4.69) is 24.5 Å². The van der Waals surface area contributed by atoms with Crippen molar-refractivity contribution >= 4 is 17.9 Å². The highest BCUT2D eigenvalue weighted by molar-refractivity contribution is 5.87. The zero-order chi connectivity index (χ0) is 14.8. The molecule has 0 aliphatic heterocycles. The molecule has 0 spiro atoms. The van der Waals surface area contributed by atoms with E-state index in [9.17, 15) is 14.4 Å². The van der Waals surface area contributed by atoms with E-state index in [-0.39, 0.29) is 0 Å². The number of carbonyl (C=O) groups is 3. The molecule has 7 nitrogen and oxygen atoms in total. The molecular formula is C12H23N3O4. The summed E-state index contributed by atoms with van der Waals surface area (Å²) in [5, 5.41) is 13.5. The normalized spacial score (nSPS) is 11.9. The van der Waals surface area contributed by atoms with Gasteiger partial charge in [-0.1, -0.05) is 26.7 Å². The molecule has 0 aromatic rings. The number of unbranched alkanes of at least 4 members (excludes halogenated alkanes) is 1. The van der Waals surface area contributed by atoms with Crippen molar-refractivity contribution in [1.82, 2.24) is 10.6 Å². The predicted octanol–water partition coefficient (Wildman–Crippen LogP) is 0.441. The molecule has 0 bridgehead atoms. The molecule has 0 aromatic carbocycles. The van der Waals surface area contributed by atoms with E-state index in [0.717, 1.165) is 19.3 Å². The molecule has 5 N–H and O–H groups in total. The molecule has 0 unspecified atom stereocenters. The van der Waals surface area contributed by atoms with Crippen molar-refractivity contribution in [2.24, 2.45) is 11.7 Å². The van der Waals surface area contributed by atoms with Crippen molar-refractivity contribution in [1.29, 1.82) is 0 Å². The van der Waals surface area contributed by atoms with Crippen LogP contribution >= 0.6 is 0 Å². The van der Waals surface area contributed by atoms with Crippen LogP contribution in [0.1, 0.15) is 39.5 Å². The van der Waals surface area contributed by atoms with E-state index < -0.39 is 30.4 Å². The monoisotopic (exact) mass is 273 g/mol. The van der Waals surface area contributed by atoms with Crippen LogP contribution in [0.3, 0.4) is 0 Å². The van der Waals surface area contributed by atoms with E-state index in [1.54, 1.807) is 0 Å². The zero-order valence-corrected chi connectivity index (χ0v) is 11.4. The Kier molecular flexibility index (Phi) is 8.32. The van der Waals surface area contributed by atoms with Gasteiger partial charge < -0.3 is 21.5 Å². The lowest BCUT2D eigenvalue weighted by molar-refractivity contribution is -0.140. The summed E-state index contributed by atoms with van der Waals surface area (Å²) in [6, 6.07) is -1.88. The number of nitrogens with one attached hydrogen (secondary N) is 2. The van der Waals surface area contributed by atoms with Crippen molar-refractivity contribution in [3.8, 4) is 0 Å². The van der Waals surface area contributed by atoms with E-state index in [0.29, 0.717) is 12.5 Å². The molecule has 0 fully saturated rings. The van der Waals surface area contributed by atoms with Crippen LogP contribution in [0.5, 0.6) is 0 Å². The first-order valence-corrected chi connectivity index (χ1v) is 6.38. The number of urea groups is 1. The average Bonchev–Trinajstić information content (AvgIpc) is 2.26. The molecule has 0 saturated carbocycles. The smallest absolute Gasteiger partial charge is 0.326 e. The number of carboxylic acids is 1. The SMILES string of the molecule is CC(C)CCCCNC(=O)N[C@H](CC(N)=O)C(=O)O. The van der Waals surface area contributed by atoms with Gasteiger partial charge in [-0.05, 0) is 12.3 Å². The highest BCUT2D eigenvalue weighted by Crippen LogP contribution is 2.04. The topological polar surface area (TPSA) is 122 Å². The molecule has 0 aromatic heterocycles. The van der Waals surface area contributed by atoms with Crippen molar-refractivity contribution in [3.05, 3.63) is 0 Å². The first kappa shape index (κ1) is 17.2. The molecular weight excluding hydrogens is 250 g/mol. The van der Waals surface area contributed by atoms with Gasteiger partial charge in [-0.25, -0.2) is 9.59 Å². The minimum absolute atomic E-state index is 0.421. The van der Waals surface area contributed by atoms with Gasteiger partial charge in [0.15, 0.2) is 0 Å². The summed E-state index contributed by atoms with van der Waals surface area (Å²) in [5.41, 5.74) is 4.90. The van der Waals surface area contributed by atoms with Gasteiger partial charge >= 0.3 is 12.0 Å². The number of amides is 3. The summed E-state index contributed by atoms with van der Waals surface area (Å²) < 4.78 is 0. The van der Waals surface area contributed by atoms with Crippen LogP contribution in [0.4, 0.5) is 4.79 Å². The maximum Gasteiger partial charge on any atom is 0.326 e. The van der Waals surface area contributed by atoms with Crippen LogP contribution in [0.15, 0.2) is 0 Å². The lowest BCUT2D eigenvalue weighted by atomic mass is 10.1. The zero-order valence-electron chi connectivity index (χ0n) is 11.4. The van der Waals surface area contributed by atoms with Crippen molar-refractivity contribution in [3.63, 3.8) is 0 Å². The summed E-state index contributed by atoms with van der Waals surface area (Å²) in [6.07, 6.45) is 2.50. The second-order valence-corrected chi connectivity index (χ2v) is 4.85. The van der Waals surface area contributed by atoms with E-state index in [1.807, 2.05) is 0 Å². The molecule has 7 heteroatoms. The third-order valence-electron chi connectivity index (χ3n) is 2.50. The fourth-order valence-electron chi connectivity index (χ4n) is 1.49. The fraction of sp³-hybridized carbons (Fsp3) is 0.750. The number of aliphatic carboxylic acids is 1. The minimum Gasteiger partial charge on any atom is -0.480 e. The number of rotatable bonds is 9. The van der Waals surface area contributed by atoms with Gasteiger partial charge in [-0.3, -0.25) is 4.79 Å². The maximum atomic E-state index is 11.4. The van der Waals surface area contributed by atoms with Gasteiger partial charge in [-0.2, -0.15) is 0 Å². The Morgan fingerprint density at radius 1 is 1.21 bits per heavy atom. The predicted molar refractivity (Wildman–Crippen MR) is 70.5 cm³/mol. The van der Waals surface area contributed by atoms with Crippen LogP contribution in [0.2, 0.25) is 0 Å². The van der Waals surface area contributed by atoms with E-state index >= 15 is 0 Å². The highest BCUT2D eigenvalue weighted by Gasteiger charge is 2.21. The molecule has 0 aliphatic rings. The Morgan fingerprint density at radius 3 is 2.32 bits per heavy atom. The van der Waals surface area contributed by atoms with Crippen molar-refractivity contribution in [2.75, 3.05) is 6.54 Å². The molecule has 0 heterocycles. The maximum absolute atomic E-state index is 11.4. The second kappa shape index (κ2) is 9.18. The molecule has 110 valence electrons. The third-order valence-corrected chi connectivity index (χ3v) is 2.50. The Labute approximate surface area is 112 Å². The second-order valence-electron chi connectivity index (χ2n) is 4.85. The Balaban J connectivity index is 3.87. The molecule has 0 saturated heterocycles. The quantitative estimate of drug-likeness (QED) is 0.455. The molecule has 3 amide bonds. The van der Waals surface area contributed by atoms with Crippen LogP contribution in [-0.4, -0.2) is 35.6 Å². The number of carboxylic acid groups (broad SMARTS) is 1. The highest BCUT2D eigenvalue weighted by atomic mass is 16.4. The van der Waals surface area contributed by atoms with Crippen LogP contribution in [0.25, 0.3) is 0 Å². The Bertz CT molecular complexity index is 318. The van der Waals surface area contributed by atoms with Gasteiger partial charge in [0.25, 0.3) is 0 Å². The molecule has 0 aliphatic carbocycles. The van der Waals surface area contributed by atoms with Gasteiger partial charge in [0.05, 0.1) is 6.42 Å². The van der Waals surface area contributed by atoms with Crippen molar-refractivity contribution in [2.45, 2.75) is 45.6 Å². The largest absolute Gasteiger partial charge is 0.480 e. The summed E-state index contributed by atoms with van der Waals surface area (Å²) in [4.78, 5) is 32.8. The van der Waals surface area contributed by atoms with E-state index in [4.69, 9.17) is 10.8 Å². The standard InChI is InChI=1S/C12H23N3O4/c1-8(2)5-3-4-6-14-12(19)15-9(11(17)18)7-10(13)16/h8-9H,3-7H2,1-2H3,(H2,13,16)(H,17,18)(H2,14,15,19)/t9-/m1/s1. The summed E-state index contributed by atoms with van der Waals surface area (Å²) in [6.45, 7) is 4.73.